The number of nitrogens with zero attached hydrogens (tertiary/aromatic N) is 2. The lowest BCUT2D eigenvalue weighted by atomic mass is 9.84. The molecule has 0 amide bonds. The highest BCUT2D eigenvalue weighted by molar-refractivity contribution is 6.30. The molecule has 1 aliphatic carbocycles. The van der Waals surface area contributed by atoms with Crippen LogP contribution in [0.4, 0.5) is 0 Å². The predicted octanol–water partition coefficient (Wildman–Crippen LogP) is 7.20. The van der Waals surface area contributed by atoms with Gasteiger partial charge < -0.3 is 9.64 Å². The van der Waals surface area contributed by atoms with Crippen molar-refractivity contribution < 1.29 is 9.53 Å². The van der Waals surface area contributed by atoms with Crippen molar-refractivity contribution in [3.05, 3.63) is 105 Å². The van der Waals surface area contributed by atoms with E-state index in [1.165, 1.54) is 52.6 Å². The fourth-order valence-corrected chi connectivity index (χ4v) is 6.25. The molecule has 5 heteroatoms. The van der Waals surface area contributed by atoms with Gasteiger partial charge in [-0.15, -0.1) is 0 Å². The van der Waals surface area contributed by atoms with Crippen molar-refractivity contribution in [3.63, 3.8) is 0 Å². The normalized spacial score (nSPS) is 15.9. The van der Waals surface area contributed by atoms with E-state index in [0.29, 0.717) is 0 Å². The molecule has 1 fully saturated rings. The van der Waals surface area contributed by atoms with E-state index in [1.807, 2.05) is 26.1 Å². The number of carbonyl (C=O) groups is 1. The lowest BCUT2D eigenvalue weighted by molar-refractivity contribution is -0.146. The van der Waals surface area contributed by atoms with Gasteiger partial charge in [0, 0.05) is 29.9 Å². The number of rotatable bonds is 7. The maximum absolute atomic E-state index is 12.1. The number of carbonyl (C=O) groups excluding carboxylic acids is 1. The smallest absolute Gasteiger partial charge is 0.315 e. The molecule has 1 saturated heterocycles. The number of fused-ring (bicyclic) bond motifs is 2. The minimum Gasteiger partial charge on any atom is -0.468 e. The molecule has 5 rings (SSSR count). The van der Waals surface area contributed by atoms with Crippen molar-refractivity contribution in [1.82, 2.24) is 9.88 Å². The first-order valence-corrected chi connectivity index (χ1v) is 14.6. The lowest BCUT2D eigenvalue weighted by Gasteiger charge is -2.30. The zero-order chi connectivity index (χ0) is 27.4. The standard InChI is InChI=1S/C34H39ClN2O2/c1-34(2,33(38)39-3)28-13-9-24(10-14-28)7-4-5-20-37-21-17-25(18-22-37)31-30-16-15-29(35)23-27(30)12-11-26-8-6-19-36-32(26)31/h6,8-10,13-16,19,23H,4-5,7,11-12,17-18,20-22H2,1-3H3. The third kappa shape index (κ3) is 6.13. The van der Waals surface area contributed by atoms with Gasteiger partial charge in [-0.1, -0.05) is 53.6 Å². The minimum atomic E-state index is -0.625. The van der Waals surface area contributed by atoms with Crippen molar-refractivity contribution in [1.29, 1.82) is 0 Å². The summed E-state index contributed by atoms with van der Waals surface area (Å²) >= 11 is 6.38. The second-order valence-corrected chi connectivity index (χ2v) is 11.8. The van der Waals surface area contributed by atoms with Crippen LogP contribution in [0.5, 0.6) is 0 Å². The summed E-state index contributed by atoms with van der Waals surface area (Å²) < 4.78 is 4.96. The zero-order valence-corrected chi connectivity index (χ0v) is 24.2. The first kappa shape index (κ1) is 27.6. The Kier molecular flexibility index (Phi) is 8.54. The van der Waals surface area contributed by atoms with E-state index < -0.39 is 5.41 Å². The molecule has 0 saturated carbocycles. The first-order valence-electron chi connectivity index (χ1n) is 14.2. The number of piperidine rings is 1. The van der Waals surface area contributed by atoms with E-state index in [9.17, 15) is 4.79 Å². The first-order chi connectivity index (χ1) is 18.9. The van der Waals surface area contributed by atoms with Gasteiger partial charge in [-0.2, -0.15) is 0 Å². The number of halogens is 1. The van der Waals surface area contributed by atoms with Gasteiger partial charge in [0.15, 0.2) is 0 Å². The van der Waals surface area contributed by atoms with Crippen LogP contribution in [0.25, 0.3) is 5.57 Å². The highest BCUT2D eigenvalue weighted by atomic mass is 35.5. The van der Waals surface area contributed by atoms with E-state index in [1.54, 1.807) is 0 Å². The Morgan fingerprint density at radius 2 is 1.72 bits per heavy atom. The van der Waals surface area contributed by atoms with Crippen LogP contribution in [0.15, 0.2) is 66.4 Å². The summed E-state index contributed by atoms with van der Waals surface area (Å²) in [6.07, 6.45) is 9.53. The molecule has 4 nitrogen and oxygen atoms in total. The zero-order valence-electron chi connectivity index (χ0n) is 23.4. The molecule has 0 bridgehead atoms. The monoisotopic (exact) mass is 542 g/mol. The summed E-state index contributed by atoms with van der Waals surface area (Å²) in [5.41, 5.74) is 9.75. The van der Waals surface area contributed by atoms with Crippen LogP contribution >= 0.6 is 11.6 Å². The van der Waals surface area contributed by atoms with E-state index in [2.05, 4.69) is 53.4 Å². The van der Waals surface area contributed by atoms with Gasteiger partial charge in [-0.25, -0.2) is 0 Å². The SMILES string of the molecule is COC(=O)C(C)(C)c1ccc(CCCCN2CCC(=C3c4ccc(Cl)cc4CCc4cccnc43)CC2)cc1. The van der Waals surface area contributed by atoms with Crippen molar-refractivity contribution in [3.8, 4) is 0 Å². The maximum atomic E-state index is 12.1. The summed E-state index contributed by atoms with van der Waals surface area (Å²) in [7, 11) is 1.45. The molecule has 2 aliphatic rings. The molecular weight excluding hydrogens is 504 g/mol. The van der Waals surface area contributed by atoms with Crippen LogP contribution in [0.2, 0.25) is 5.02 Å². The largest absolute Gasteiger partial charge is 0.468 e. The number of likely N-dealkylation sites (tertiary alicyclic amines) is 1. The van der Waals surface area contributed by atoms with Gasteiger partial charge in [0.05, 0.1) is 18.2 Å². The van der Waals surface area contributed by atoms with Crippen LogP contribution in [0.3, 0.4) is 0 Å². The second-order valence-electron chi connectivity index (χ2n) is 11.4. The molecule has 1 aromatic heterocycles. The van der Waals surface area contributed by atoms with Crippen LogP contribution in [-0.4, -0.2) is 42.6 Å². The Balaban J connectivity index is 1.18. The third-order valence-electron chi connectivity index (χ3n) is 8.50. The predicted molar refractivity (Wildman–Crippen MR) is 159 cm³/mol. The van der Waals surface area contributed by atoms with Crippen molar-refractivity contribution in [2.24, 2.45) is 0 Å². The molecule has 0 unspecified atom stereocenters. The summed E-state index contributed by atoms with van der Waals surface area (Å²) in [6.45, 7) is 7.15. The van der Waals surface area contributed by atoms with Gasteiger partial charge in [0.1, 0.15) is 0 Å². The Morgan fingerprint density at radius 1 is 0.974 bits per heavy atom. The Labute approximate surface area is 238 Å². The molecular formula is C34H39ClN2O2. The number of benzene rings is 2. The number of esters is 1. The van der Waals surface area contributed by atoms with Gasteiger partial charge in [0.25, 0.3) is 0 Å². The van der Waals surface area contributed by atoms with Crippen molar-refractivity contribution in [2.45, 2.75) is 64.2 Å². The van der Waals surface area contributed by atoms with E-state index >= 15 is 0 Å². The number of unbranched alkanes of at least 4 members (excludes halogenated alkanes) is 1. The molecule has 0 N–H and O–H groups in total. The average molecular weight is 543 g/mol. The molecule has 2 aromatic carbocycles. The molecule has 39 heavy (non-hydrogen) atoms. The summed E-state index contributed by atoms with van der Waals surface area (Å²) in [4.78, 5) is 19.6. The fraction of sp³-hybridized carbons (Fsp3) is 0.412. The minimum absolute atomic E-state index is 0.205. The fourth-order valence-electron chi connectivity index (χ4n) is 6.06. The average Bonchev–Trinajstić information content (AvgIpc) is 3.12. The third-order valence-corrected chi connectivity index (χ3v) is 8.74. The van der Waals surface area contributed by atoms with Gasteiger partial charge in [-0.05, 0) is 111 Å². The van der Waals surface area contributed by atoms with Crippen LogP contribution in [0, 0.1) is 0 Å². The summed E-state index contributed by atoms with van der Waals surface area (Å²) in [6, 6.07) is 19.1. The number of aromatic nitrogens is 1. The van der Waals surface area contributed by atoms with E-state index in [4.69, 9.17) is 21.3 Å². The highest BCUT2D eigenvalue weighted by Crippen LogP contribution is 2.38. The molecule has 2 heterocycles. The Morgan fingerprint density at radius 3 is 2.46 bits per heavy atom. The molecule has 1 aliphatic heterocycles. The molecule has 204 valence electrons. The number of ether oxygens (including phenoxy) is 1. The number of pyridine rings is 1. The highest BCUT2D eigenvalue weighted by Gasteiger charge is 2.30. The quantitative estimate of drug-likeness (QED) is 0.234. The van der Waals surface area contributed by atoms with Gasteiger partial charge in [0.2, 0.25) is 0 Å². The number of methoxy groups -OCH3 is 1. The van der Waals surface area contributed by atoms with Gasteiger partial charge >= 0.3 is 5.97 Å². The summed E-state index contributed by atoms with van der Waals surface area (Å²) in [5, 5.41) is 0.813. The number of hydrogen-bond acceptors (Lipinski definition) is 4. The molecule has 0 atom stereocenters. The van der Waals surface area contributed by atoms with Crippen molar-refractivity contribution >= 4 is 23.1 Å². The lowest BCUT2D eigenvalue weighted by Crippen LogP contribution is -2.32. The molecule has 3 aromatic rings. The molecule has 0 spiro atoms. The number of aryl methyl sites for hydroxylation is 3. The maximum Gasteiger partial charge on any atom is 0.315 e. The van der Waals surface area contributed by atoms with Crippen molar-refractivity contribution in [2.75, 3.05) is 26.7 Å². The van der Waals surface area contributed by atoms with Crippen LogP contribution in [-0.2, 0) is 34.2 Å². The van der Waals surface area contributed by atoms with Gasteiger partial charge in [-0.3, -0.25) is 9.78 Å². The van der Waals surface area contributed by atoms with E-state index in [0.717, 1.165) is 68.7 Å². The number of hydrogen-bond donors (Lipinski definition) is 0. The van der Waals surface area contributed by atoms with Crippen LogP contribution in [0.1, 0.15) is 73.0 Å². The Hall–Kier alpha value is -2.95. The van der Waals surface area contributed by atoms with Crippen LogP contribution < -0.4 is 0 Å². The topological polar surface area (TPSA) is 42.4 Å². The Bertz CT molecular complexity index is 1350. The second kappa shape index (κ2) is 12.1. The van der Waals surface area contributed by atoms with E-state index in [-0.39, 0.29) is 5.97 Å². The molecule has 0 radical (unpaired) electrons. The summed E-state index contributed by atoms with van der Waals surface area (Å²) in [5.74, 6) is -0.205.